The van der Waals surface area contributed by atoms with Crippen molar-refractivity contribution in [1.82, 2.24) is 0 Å². The van der Waals surface area contributed by atoms with Gasteiger partial charge in [0, 0.05) is 6.07 Å². The van der Waals surface area contributed by atoms with Crippen molar-refractivity contribution in [1.29, 1.82) is 0 Å². The zero-order chi connectivity index (χ0) is 15.3. The minimum Gasteiger partial charge on any atom is -0.495 e. The highest BCUT2D eigenvalue weighted by atomic mass is 35.5. The van der Waals surface area contributed by atoms with Gasteiger partial charge in [-0.05, 0) is 12.0 Å². The molecule has 0 aliphatic rings. The lowest BCUT2D eigenvalue weighted by Crippen LogP contribution is -2.40. The standard InChI is InChI=1S/C14H21ClN2O3/c1-5-8(2)13(16)14(18)17-10-6-9(15)11(19-3)7-12(10)20-4/h6-8,13H,5,16H2,1-4H3,(H,17,18). The molecule has 0 heterocycles. The van der Waals surface area contributed by atoms with Crippen LogP contribution >= 0.6 is 11.6 Å². The van der Waals surface area contributed by atoms with E-state index in [4.69, 9.17) is 26.8 Å². The number of rotatable bonds is 6. The topological polar surface area (TPSA) is 73.6 Å². The fourth-order valence-corrected chi connectivity index (χ4v) is 1.93. The number of halogens is 1. The monoisotopic (exact) mass is 300 g/mol. The Morgan fingerprint density at radius 3 is 2.45 bits per heavy atom. The summed E-state index contributed by atoms with van der Waals surface area (Å²) >= 11 is 6.05. The van der Waals surface area contributed by atoms with Crippen molar-refractivity contribution < 1.29 is 14.3 Å². The molecule has 20 heavy (non-hydrogen) atoms. The summed E-state index contributed by atoms with van der Waals surface area (Å²) in [7, 11) is 3.02. The lowest BCUT2D eigenvalue weighted by atomic mass is 9.99. The molecule has 1 aromatic rings. The van der Waals surface area contributed by atoms with E-state index in [1.807, 2.05) is 13.8 Å². The minimum absolute atomic E-state index is 0.0923. The Hall–Kier alpha value is -1.46. The van der Waals surface area contributed by atoms with E-state index in [1.54, 1.807) is 12.1 Å². The van der Waals surface area contributed by atoms with Crippen LogP contribution in [0.1, 0.15) is 20.3 Å². The number of carbonyl (C=O) groups is 1. The molecule has 3 N–H and O–H groups in total. The molecule has 0 aliphatic heterocycles. The lowest BCUT2D eigenvalue weighted by molar-refractivity contribution is -0.118. The predicted octanol–water partition coefficient (Wildman–Crippen LogP) is 2.67. The van der Waals surface area contributed by atoms with E-state index in [0.29, 0.717) is 22.2 Å². The van der Waals surface area contributed by atoms with Crippen molar-refractivity contribution in [2.75, 3.05) is 19.5 Å². The van der Waals surface area contributed by atoms with E-state index in [2.05, 4.69) is 5.32 Å². The Morgan fingerprint density at radius 1 is 1.35 bits per heavy atom. The number of hydrogen-bond acceptors (Lipinski definition) is 4. The normalized spacial score (nSPS) is 13.5. The third kappa shape index (κ3) is 3.77. The molecule has 0 radical (unpaired) electrons. The fraction of sp³-hybridized carbons (Fsp3) is 0.500. The SMILES string of the molecule is CCC(C)C(N)C(=O)Nc1cc(Cl)c(OC)cc1OC. The highest BCUT2D eigenvalue weighted by Gasteiger charge is 2.21. The molecule has 112 valence electrons. The Kier molecular flexibility index (Phi) is 6.10. The highest BCUT2D eigenvalue weighted by Crippen LogP contribution is 2.35. The molecule has 0 aliphatic carbocycles. The van der Waals surface area contributed by atoms with Gasteiger partial charge < -0.3 is 20.5 Å². The third-order valence-corrected chi connectivity index (χ3v) is 3.59. The molecule has 0 spiro atoms. The maximum Gasteiger partial charge on any atom is 0.241 e. The largest absolute Gasteiger partial charge is 0.495 e. The number of benzene rings is 1. The van der Waals surface area contributed by atoms with Gasteiger partial charge >= 0.3 is 0 Å². The molecule has 1 aromatic carbocycles. The van der Waals surface area contributed by atoms with E-state index in [0.717, 1.165) is 6.42 Å². The van der Waals surface area contributed by atoms with Crippen LogP contribution in [0.4, 0.5) is 5.69 Å². The van der Waals surface area contributed by atoms with Crippen molar-refractivity contribution >= 4 is 23.2 Å². The molecule has 0 saturated heterocycles. The van der Waals surface area contributed by atoms with Crippen molar-refractivity contribution in [3.8, 4) is 11.5 Å². The van der Waals surface area contributed by atoms with Crippen LogP contribution in [-0.2, 0) is 4.79 Å². The molecule has 1 amide bonds. The molecular weight excluding hydrogens is 280 g/mol. The van der Waals surface area contributed by atoms with Gasteiger partial charge in [-0.1, -0.05) is 31.9 Å². The van der Waals surface area contributed by atoms with Gasteiger partial charge in [0.25, 0.3) is 0 Å². The number of carbonyl (C=O) groups excluding carboxylic acids is 1. The van der Waals surface area contributed by atoms with Gasteiger partial charge in [0.15, 0.2) is 0 Å². The van der Waals surface area contributed by atoms with Crippen molar-refractivity contribution in [2.45, 2.75) is 26.3 Å². The van der Waals surface area contributed by atoms with Gasteiger partial charge in [-0.3, -0.25) is 4.79 Å². The molecule has 1 rings (SSSR count). The molecule has 2 atom stereocenters. The first-order valence-electron chi connectivity index (χ1n) is 6.42. The maximum absolute atomic E-state index is 12.1. The Morgan fingerprint density at radius 2 is 1.95 bits per heavy atom. The number of hydrogen-bond donors (Lipinski definition) is 2. The minimum atomic E-state index is -0.578. The fourth-order valence-electron chi connectivity index (χ4n) is 1.69. The molecule has 0 aromatic heterocycles. The van der Waals surface area contributed by atoms with E-state index < -0.39 is 6.04 Å². The lowest BCUT2D eigenvalue weighted by Gasteiger charge is -2.19. The summed E-state index contributed by atoms with van der Waals surface area (Å²) in [5.41, 5.74) is 6.37. The van der Waals surface area contributed by atoms with Crippen molar-refractivity contribution in [3.63, 3.8) is 0 Å². The summed E-state index contributed by atoms with van der Waals surface area (Å²) in [5, 5.41) is 3.13. The van der Waals surface area contributed by atoms with E-state index in [1.165, 1.54) is 14.2 Å². The van der Waals surface area contributed by atoms with E-state index >= 15 is 0 Å². The first-order valence-corrected chi connectivity index (χ1v) is 6.80. The predicted molar refractivity (Wildman–Crippen MR) is 80.6 cm³/mol. The summed E-state index contributed by atoms with van der Waals surface area (Å²) in [6.45, 7) is 3.92. The van der Waals surface area contributed by atoms with E-state index in [9.17, 15) is 4.79 Å². The second-order valence-electron chi connectivity index (χ2n) is 4.59. The van der Waals surface area contributed by atoms with Gasteiger partial charge in [-0.2, -0.15) is 0 Å². The third-order valence-electron chi connectivity index (χ3n) is 3.29. The maximum atomic E-state index is 12.1. The van der Waals surface area contributed by atoms with Crippen LogP contribution in [0.25, 0.3) is 0 Å². The first-order chi connectivity index (χ1) is 9.44. The van der Waals surface area contributed by atoms with Gasteiger partial charge in [0.2, 0.25) is 5.91 Å². The van der Waals surface area contributed by atoms with Crippen LogP contribution in [0.15, 0.2) is 12.1 Å². The molecule has 6 heteroatoms. The van der Waals surface area contributed by atoms with Crippen LogP contribution in [0, 0.1) is 5.92 Å². The number of methoxy groups -OCH3 is 2. The Balaban J connectivity index is 2.97. The van der Waals surface area contributed by atoms with Crippen LogP contribution in [0.2, 0.25) is 5.02 Å². The van der Waals surface area contributed by atoms with Crippen molar-refractivity contribution in [2.24, 2.45) is 11.7 Å². The van der Waals surface area contributed by atoms with Gasteiger partial charge in [-0.15, -0.1) is 0 Å². The number of amides is 1. The number of nitrogens with one attached hydrogen (secondary N) is 1. The summed E-state index contributed by atoms with van der Waals surface area (Å²) in [6.07, 6.45) is 0.828. The molecule has 0 fully saturated rings. The smallest absolute Gasteiger partial charge is 0.241 e. The highest BCUT2D eigenvalue weighted by molar-refractivity contribution is 6.32. The van der Waals surface area contributed by atoms with Crippen LogP contribution in [0.3, 0.4) is 0 Å². The molecule has 0 bridgehead atoms. The average Bonchev–Trinajstić information content (AvgIpc) is 2.45. The van der Waals surface area contributed by atoms with Crippen LogP contribution < -0.4 is 20.5 Å². The van der Waals surface area contributed by atoms with Crippen molar-refractivity contribution in [3.05, 3.63) is 17.2 Å². The molecule has 2 unspecified atom stereocenters. The van der Waals surface area contributed by atoms with Gasteiger partial charge in [0.1, 0.15) is 11.5 Å². The second kappa shape index (κ2) is 7.36. The molecule has 5 nitrogen and oxygen atoms in total. The van der Waals surface area contributed by atoms with Crippen LogP contribution in [0.5, 0.6) is 11.5 Å². The number of nitrogens with two attached hydrogens (primary N) is 1. The molecular formula is C14H21ClN2O3. The summed E-state index contributed by atoms with van der Waals surface area (Å²) in [5.74, 6) is 0.775. The molecule has 0 saturated carbocycles. The van der Waals surface area contributed by atoms with E-state index in [-0.39, 0.29) is 11.8 Å². The second-order valence-corrected chi connectivity index (χ2v) is 4.99. The van der Waals surface area contributed by atoms with Gasteiger partial charge in [-0.25, -0.2) is 0 Å². The summed E-state index contributed by atoms with van der Waals surface area (Å²) in [6, 6.07) is 2.62. The van der Waals surface area contributed by atoms with Gasteiger partial charge in [0.05, 0.1) is 31.0 Å². The summed E-state index contributed by atoms with van der Waals surface area (Å²) in [4.78, 5) is 12.1. The average molecular weight is 301 g/mol. The first kappa shape index (κ1) is 16.6. The van der Waals surface area contributed by atoms with Crippen LogP contribution in [-0.4, -0.2) is 26.2 Å². The number of anilines is 1. The zero-order valence-electron chi connectivity index (χ0n) is 12.2. The summed E-state index contributed by atoms with van der Waals surface area (Å²) < 4.78 is 10.3. The zero-order valence-corrected chi connectivity index (χ0v) is 13.0. The Bertz CT molecular complexity index is 480. The quantitative estimate of drug-likeness (QED) is 0.847. The Labute approximate surface area is 124 Å². The number of ether oxygens (including phenoxy) is 2.